The first-order chi connectivity index (χ1) is 11.9. The van der Waals surface area contributed by atoms with Gasteiger partial charge in [0, 0.05) is 31.7 Å². The molecule has 0 bridgehead atoms. The molecule has 0 spiro atoms. The summed E-state index contributed by atoms with van der Waals surface area (Å²) < 4.78 is 0. The van der Waals surface area contributed by atoms with E-state index >= 15 is 0 Å². The Labute approximate surface area is 141 Å². The fraction of sp³-hybridized carbons (Fsp3) is 0.211. The molecule has 3 aromatic rings. The van der Waals surface area contributed by atoms with Gasteiger partial charge in [-0.15, -0.1) is 0 Å². The molecule has 0 aliphatic carbocycles. The van der Waals surface area contributed by atoms with Gasteiger partial charge in [-0.05, 0) is 36.4 Å². The Morgan fingerprint density at radius 2 is 1.38 bits per heavy atom. The van der Waals surface area contributed by atoms with Crippen LogP contribution in [0.2, 0.25) is 0 Å². The van der Waals surface area contributed by atoms with Crippen LogP contribution in [-0.4, -0.2) is 38.1 Å². The van der Waals surface area contributed by atoms with Crippen molar-refractivity contribution < 1.29 is 5.11 Å². The zero-order valence-corrected chi connectivity index (χ0v) is 13.4. The second-order valence-corrected chi connectivity index (χ2v) is 5.43. The lowest BCUT2D eigenvalue weighted by Crippen LogP contribution is -2.33. The van der Waals surface area contributed by atoms with E-state index in [9.17, 15) is 5.11 Å². The maximum Gasteiger partial charge on any atom is 0.0954 e. The van der Waals surface area contributed by atoms with Crippen molar-refractivity contribution in [2.24, 2.45) is 0 Å². The molecule has 0 saturated heterocycles. The van der Waals surface area contributed by atoms with Gasteiger partial charge in [-0.2, -0.15) is 0 Å². The zero-order chi connectivity index (χ0) is 16.6. The first kappa shape index (κ1) is 16.2. The summed E-state index contributed by atoms with van der Waals surface area (Å²) in [4.78, 5) is 15.6. The Kier molecular flexibility index (Phi) is 5.61. The number of rotatable bonds is 7. The van der Waals surface area contributed by atoms with E-state index in [1.165, 1.54) is 0 Å². The van der Waals surface area contributed by atoms with E-state index in [0.717, 1.165) is 17.1 Å². The Morgan fingerprint density at radius 1 is 0.792 bits per heavy atom. The first-order valence-corrected chi connectivity index (χ1v) is 7.95. The van der Waals surface area contributed by atoms with Gasteiger partial charge in [-0.3, -0.25) is 19.9 Å². The minimum Gasteiger partial charge on any atom is -0.395 e. The highest BCUT2D eigenvalue weighted by atomic mass is 16.3. The van der Waals surface area contributed by atoms with Crippen molar-refractivity contribution in [1.82, 2.24) is 19.9 Å². The summed E-state index contributed by atoms with van der Waals surface area (Å²) in [6.07, 6.45) is 5.34. The summed E-state index contributed by atoms with van der Waals surface area (Å²) in [7, 11) is 0. The number of aromatic nitrogens is 3. The molecule has 0 radical (unpaired) electrons. The Balaban J connectivity index is 1.97. The summed E-state index contributed by atoms with van der Waals surface area (Å²) in [5.74, 6) is 0. The van der Waals surface area contributed by atoms with Crippen molar-refractivity contribution in [2.75, 3.05) is 13.2 Å². The molecule has 122 valence electrons. The third kappa shape index (κ3) is 4.01. The van der Waals surface area contributed by atoms with Crippen molar-refractivity contribution in [1.29, 1.82) is 0 Å². The van der Waals surface area contributed by atoms with Crippen molar-refractivity contribution in [3.8, 4) is 0 Å². The normalized spacial score (nSPS) is 11.1. The van der Waals surface area contributed by atoms with E-state index in [4.69, 9.17) is 0 Å². The fourth-order valence-electron chi connectivity index (χ4n) is 2.73. The Bertz CT molecular complexity index is 683. The average Bonchev–Trinajstić information content (AvgIpc) is 2.65. The summed E-state index contributed by atoms with van der Waals surface area (Å²) >= 11 is 0. The van der Waals surface area contributed by atoms with Gasteiger partial charge >= 0.3 is 0 Å². The second kappa shape index (κ2) is 8.29. The van der Waals surface area contributed by atoms with Crippen LogP contribution in [0.4, 0.5) is 0 Å². The Morgan fingerprint density at radius 3 is 1.83 bits per heavy atom. The molecule has 0 saturated carbocycles. The van der Waals surface area contributed by atoms with E-state index in [1.807, 2.05) is 54.6 Å². The minimum absolute atomic E-state index is 0.0585. The molecular formula is C19H20N4O. The number of nitrogens with zero attached hydrogens (tertiary/aromatic N) is 4. The SMILES string of the molecule is OCCN(Cc1ccccn1)C(c1ccccn1)c1ccccn1. The van der Waals surface area contributed by atoms with Gasteiger partial charge in [0.05, 0.1) is 29.7 Å². The van der Waals surface area contributed by atoms with Crippen LogP contribution >= 0.6 is 0 Å². The number of aliphatic hydroxyl groups excluding tert-OH is 1. The molecular weight excluding hydrogens is 300 g/mol. The smallest absolute Gasteiger partial charge is 0.0954 e. The van der Waals surface area contributed by atoms with Gasteiger partial charge in [0.2, 0.25) is 0 Å². The monoisotopic (exact) mass is 320 g/mol. The molecule has 1 N–H and O–H groups in total. The van der Waals surface area contributed by atoms with Crippen LogP contribution in [0.1, 0.15) is 23.1 Å². The van der Waals surface area contributed by atoms with Crippen LogP contribution in [0, 0.1) is 0 Å². The maximum absolute atomic E-state index is 9.55. The largest absolute Gasteiger partial charge is 0.395 e. The van der Waals surface area contributed by atoms with Crippen LogP contribution in [0.25, 0.3) is 0 Å². The first-order valence-electron chi connectivity index (χ1n) is 7.95. The lowest BCUT2D eigenvalue weighted by Gasteiger charge is -2.30. The molecule has 0 fully saturated rings. The molecule has 5 nitrogen and oxygen atoms in total. The van der Waals surface area contributed by atoms with Crippen LogP contribution in [0.5, 0.6) is 0 Å². The van der Waals surface area contributed by atoms with E-state index in [-0.39, 0.29) is 12.6 Å². The number of hydrogen-bond acceptors (Lipinski definition) is 5. The third-order valence-corrected chi connectivity index (χ3v) is 3.78. The van der Waals surface area contributed by atoms with Gasteiger partial charge in [0.15, 0.2) is 0 Å². The fourth-order valence-corrected chi connectivity index (χ4v) is 2.73. The molecule has 0 aromatic carbocycles. The summed E-state index contributed by atoms with van der Waals surface area (Å²) in [5, 5.41) is 9.55. The highest BCUT2D eigenvalue weighted by molar-refractivity contribution is 5.22. The quantitative estimate of drug-likeness (QED) is 0.724. The van der Waals surface area contributed by atoms with Crippen LogP contribution in [0.3, 0.4) is 0 Å². The molecule has 0 aliphatic heterocycles. The van der Waals surface area contributed by atoms with E-state index < -0.39 is 0 Å². The van der Waals surface area contributed by atoms with Gasteiger partial charge in [-0.1, -0.05) is 18.2 Å². The van der Waals surface area contributed by atoms with Gasteiger partial charge in [0.1, 0.15) is 0 Å². The second-order valence-electron chi connectivity index (χ2n) is 5.43. The van der Waals surface area contributed by atoms with Crippen molar-refractivity contribution in [3.05, 3.63) is 90.3 Å². The minimum atomic E-state index is -0.137. The molecule has 0 aliphatic rings. The number of pyridine rings is 3. The van der Waals surface area contributed by atoms with Gasteiger partial charge in [-0.25, -0.2) is 0 Å². The van der Waals surface area contributed by atoms with E-state index in [2.05, 4.69) is 19.9 Å². The van der Waals surface area contributed by atoms with Crippen LogP contribution in [-0.2, 0) is 6.54 Å². The lowest BCUT2D eigenvalue weighted by atomic mass is 10.1. The maximum atomic E-state index is 9.55. The molecule has 0 unspecified atom stereocenters. The molecule has 5 heteroatoms. The van der Waals surface area contributed by atoms with Gasteiger partial charge in [0.25, 0.3) is 0 Å². The summed E-state index contributed by atoms with van der Waals surface area (Å²) in [6, 6.07) is 17.4. The number of aliphatic hydroxyl groups is 1. The van der Waals surface area contributed by atoms with E-state index in [1.54, 1.807) is 18.6 Å². The molecule has 0 atom stereocenters. The van der Waals surface area contributed by atoms with Crippen molar-refractivity contribution >= 4 is 0 Å². The predicted octanol–water partition coefficient (Wildman–Crippen LogP) is 2.46. The highest BCUT2D eigenvalue weighted by Gasteiger charge is 2.24. The third-order valence-electron chi connectivity index (χ3n) is 3.78. The highest BCUT2D eigenvalue weighted by Crippen LogP contribution is 2.26. The zero-order valence-electron chi connectivity index (χ0n) is 13.4. The van der Waals surface area contributed by atoms with Gasteiger partial charge < -0.3 is 5.11 Å². The Hall–Kier alpha value is -2.63. The van der Waals surface area contributed by atoms with Crippen LogP contribution in [0.15, 0.2) is 73.2 Å². The summed E-state index contributed by atoms with van der Waals surface area (Å²) in [6.45, 7) is 1.18. The predicted molar refractivity (Wildman–Crippen MR) is 92.0 cm³/mol. The van der Waals surface area contributed by atoms with E-state index in [0.29, 0.717) is 13.1 Å². The molecule has 0 amide bonds. The molecule has 3 rings (SSSR count). The standard InChI is InChI=1S/C19H20N4O/c24-14-13-23(15-16-7-1-4-10-20-16)19(17-8-2-5-11-21-17)18-9-3-6-12-22-18/h1-12,19,24H,13-15H2. The lowest BCUT2D eigenvalue weighted by molar-refractivity contribution is 0.155. The molecule has 24 heavy (non-hydrogen) atoms. The number of hydrogen-bond donors (Lipinski definition) is 1. The topological polar surface area (TPSA) is 62.1 Å². The average molecular weight is 320 g/mol. The van der Waals surface area contributed by atoms with Crippen molar-refractivity contribution in [2.45, 2.75) is 12.6 Å². The van der Waals surface area contributed by atoms with Crippen molar-refractivity contribution in [3.63, 3.8) is 0 Å². The molecule has 3 heterocycles. The molecule has 3 aromatic heterocycles. The van der Waals surface area contributed by atoms with Crippen LogP contribution < -0.4 is 0 Å². The summed E-state index contributed by atoms with van der Waals surface area (Å²) in [5.41, 5.74) is 2.75.